The lowest BCUT2D eigenvalue weighted by Gasteiger charge is -2.10. The fraction of sp³-hybridized carbons (Fsp3) is 0.222. The van der Waals surface area contributed by atoms with Gasteiger partial charge in [-0.05, 0) is 30.2 Å². The molecule has 26 heavy (non-hydrogen) atoms. The van der Waals surface area contributed by atoms with E-state index in [0.29, 0.717) is 5.69 Å². The summed E-state index contributed by atoms with van der Waals surface area (Å²) in [6.07, 6.45) is 0.763. The lowest BCUT2D eigenvalue weighted by Crippen LogP contribution is -2.24. The van der Waals surface area contributed by atoms with E-state index < -0.39 is 30.0 Å². The molecule has 1 N–H and O–H groups in total. The van der Waals surface area contributed by atoms with Crippen LogP contribution in [0.15, 0.2) is 48.5 Å². The molecule has 0 spiro atoms. The summed E-state index contributed by atoms with van der Waals surface area (Å²) in [7, 11) is 0. The van der Waals surface area contributed by atoms with Crippen molar-refractivity contribution < 1.29 is 24.0 Å². The van der Waals surface area contributed by atoms with Crippen LogP contribution in [-0.4, -0.2) is 30.0 Å². The summed E-state index contributed by atoms with van der Waals surface area (Å²) in [6.45, 7) is 1.14. The van der Waals surface area contributed by atoms with Crippen LogP contribution in [-0.2, 0) is 20.7 Å². The van der Waals surface area contributed by atoms with Crippen LogP contribution in [0.5, 0.6) is 5.75 Å². The molecule has 0 bridgehead atoms. The van der Waals surface area contributed by atoms with E-state index in [2.05, 4.69) is 5.32 Å². The maximum absolute atomic E-state index is 11.9. The highest BCUT2D eigenvalue weighted by atomic mass is 16.6. The summed E-state index contributed by atoms with van der Waals surface area (Å²) in [5, 5.41) is 13.2. The van der Waals surface area contributed by atoms with Gasteiger partial charge >= 0.3 is 5.97 Å². The van der Waals surface area contributed by atoms with Crippen LogP contribution in [0.3, 0.4) is 0 Å². The van der Waals surface area contributed by atoms with Gasteiger partial charge in [0.1, 0.15) is 5.75 Å². The molecule has 0 aliphatic rings. The zero-order valence-corrected chi connectivity index (χ0v) is 14.1. The summed E-state index contributed by atoms with van der Waals surface area (Å²) >= 11 is 0. The van der Waals surface area contributed by atoms with E-state index in [0.717, 1.165) is 12.0 Å². The molecule has 0 radical (unpaired) electrons. The summed E-state index contributed by atoms with van der Waals surface area (Å²) in [6, 6.07) is 12.6. The molecule has 0 aliphatic carbocycles. The highest BCUT2D eigenvalue weighted by Gasteiger charge is 2.11. The first kappa shape index (κ1) is 18.9. The molecule has 0 aliphatic heterocycles. The molecule has 2 aromatic carbocycles. The van der Waals surface area contributed by atoms with Crippen molar-refractivity contribution in [1.29, 1.82) is 0 Å². The predicted octanol–water partition coefficient (Wildman–Crippen LogP) is 2.72. The molecule has 0 atom stereocenters. The first-order valence-corrected chi connectivity index (χ1v) is 7.90. The molecule has 0 saturated carbocycles. The Morgan fingerprint density at radius 3 is 2.42 bits per heavy atom. The SMILES string of the molecule is CCc1ccccc1NC(=O)COC(=O)COc1ccc([N+](=O)[O-])cc1. The molecular weight excluding hydrogens is 340 g/mol. The fourth-order valence-corrected chi connectivity index (χ4v) is 2.13. The normalized spacial score (nSPS) is 10.0. The zero-order chi connectivity index (χ0) is 18.9. The highest BCUT2D eigenvalue weighted by molar-refractivity contribution is 5.93. The molecule has 136 valence electrons. The van der Waals surface area contributed by atoms with E-state index in [1.165, 1.54) is 24.3 Å². The average molecular weight is 358 g/mol. The van der Waals surface area contributed by atoms with E-state index >= 15 is 0 Å². The summed E-state index contributed by atoms with van der Waals surface area (Å²) in [5.74, 6) is -0.884. The van der Waals surface area contributed by atoms with E-state index in [1.54, 1.807) is 12.1 Å². The second-order valence-corrected chi connectivity index (χ2v) is 5.26. The van der Waals surface area contributed by atoms with Gasteiger partial charge in [0, 0.05) is 17.8 Å². The highest BCUT2D eigenvalue weighted by Crippen LogP contribution is 2.17. The molecule has 0 heterocycles. The lowest BCUT2D eigenvalue weighted by molar-refractivity contribution is -0.384. The van der Waals surface area contributed by atoms with Crippen LogP contribution in [0, 0.1) is 10.1 Å². The predicted molar refractivity (Wildman–Crippen MR) is 94.0 cm³/mol. The second kappa shape index (κ2) is 9.16. The first-order chi connectivity index (χ1) is 12.5. The Bertz CT molecular complexity index is 789. The van der Waals surface area contributed by atoms with Crippen molar-refractivity contribution in [3.8, 4) is 5.75 Å². The van der Waals surface area contributed by atoms with Gasteiger partial charge in [0.2, 0.25) is 0 Å². The number of carbonyl (C=O) groups excluding carboxylic acids is 2. The van der Waals surface area contributed by atoms with E-state index in [-0.39, 0.29) is 11.4 Å². The fourth-order valence-electron chi connectivity index (χ4n) is 2.13. The van der Waals surface area contributed by atoms with Crippen LogP contribution in [0.2, 0.25) is 0 Å². The Morgan fingerprint density at radius 1 is 1.08 bits per heavy atom. The topological polar surface area (TPSA) is 108 Å². The van der Waals surface area contributed by atoms with Crippen LogP contribution >= 0.6 is 0 Å². The largest absolute Gasteiger partial charge is 0.482 e. The number of esters is 1. The lowest BCUT2D eigenvalue weighted by atomic mass is 10.1. The number of hydrogen-bond acceptors (Lipinski definition) is 6. The third-order valence-corrected chi connectivity index (χ3v) is 3.44. The summed E-state index contributed by atoms with van der Waals surface area (Å²) in [4.78, 5) is 33.5. The van der Waals surface area contributed by atoms with Gasteiger partial charge in [-0.25, -0.2) is 4.79 Å². The third kappa shape index (κ3) is 5.59. The maximum Gasteiger partial charge on any atom is 0.344 e. The average Bonchev–Trinajstić information content (AvgIpc) is 2.65. The van der Waals surface area contributed by atoms with Gasteiger partial charge in [-0.3, -0.25) is 14.9 Å². The van der Waals surface area contributed by atoms with Gasteiger partial charge in [0.05, 0.1) is 4.92 Å². The van der Waals surface area contributed by atoms with Crippen molar-refractivity contribution in [1.82, 2.24) is 0 Å². The van der Waals surface area contributed by atoms with Crippen molar-refractivity contribution in [2.24, 2.45) is 0 Å². The third-order valence-electron chi connectivity index (χ3n) is 3.44. The van der Waals surface area contributed by atoms with Crippen molar-refractivity contribution in [2.75, 3.05) is 18.5 Å². The number of nitrogens with zero attached hydrogens (tertiary/aromatic N) is 1. The second-order valence-electron chi connectivity index (χ2n) is 5.26. The van der Waals surface area contributed by atoms with E-state index in [4.69, 9.17) is 9.47 Å². The number of para-hydroxylation sites is 1. The number of rotatable bonds is 8. The number of amides is 1. The van der Waals surface area contributed by atoms with Gasteiger partial charge in [-0.15, -0.1) is 0 Å². The van der Waals surface area contributed by atoms with Crippen molar-refractivity contribution in [3.05, 3.63) is 64.2 Å². The summed E-state index contributed by atoms with van der Waals surface area (Å²) in [5.41, 5.74) is 1.58. The Balaban J connectivity index is 1.75. The minimum absolute atomic E-state index is 0.0797. The van der Waals surface area contributed by atoms with Crippen LogP contribution in [0.1, 0.15) is 12.5 Å². The van der Waals surface area contributed by atoms with Gasteiger partial charge in [-0.2, -0.15) is 0 Å². The standard InChI is InChI=1S/C18H18N2O6/c1-2-13-5-3-4-6-16(13)19-17(21)11-26-18(22)12-25-15-9-7-14(8-10-15)20(23)24/h3-10H,2,11-12H2,1H3,(H,19,21). The minimum Gasteiger partial charge on any atom is -0.482 e. The molecule has 1 amide bonds. The number of nitro groups is 1. The number of ether oxygens (including phenoxy) is 2. The smallest absolute Gasteiger partial charge is 0.344 e. The number of nitrogens with one attached hydrogen (secondary N) is 1. The Morgan fingerprint density at radius 2 is 1.77 bits per heavy atom. The molecule has 0 fully saturated rings. The van der Waals surface area contributed by atoms with Crippen molar-refractivity contribution >= 4 is 23.3 Å². The quantitative estimate of drug-likeness (QED) is 0.442. The van der Waals surface area contributed by atoms with Gasteiger partial charge in [0.25, 0.3) is 11.6 Å². The Labute approximate surface area is 149 Å². The van der Waals surface area contributed by atoms with Crippen molar-refractivity contribution in [2.45, 2.75) is 13.3 Å². The molecule has 8 heteroatoms. The molecule has 0 aromatic heterocycles. The maximum atomic E-state index is 11.9. The Hall–Kier alpha value is -3.42. The number of benzene rings is 2. The number of hydrogen-bond donors (Lipinski definition) is 1. The number of non-ortho nitro benzene ring substituents is 1. The van der Waals surface area contributed by atoms with Crippen LogP contribution < -0.4 is 10.1 Å². The van der Waals surface area contributed by atoms with Crippen LogP contribution in [0.25, 0.3) is 0 Å². The summed E-state index contributed by atoms with van der Waals surface area (Å²) < 4.78 is 10.0. The minimum atomic E-state index is -0.720. The number of anilines is 1. The monoisotopic (exact) mass is 358 g/mol. The molecular formula is C18H18N2O6. The van der Waals surface area contributed by atoms with E-state index in [1.807, 2.05) is 19.1 Å². The molecule has 0 saturated heterocycles. The van der Waals surface area contributed by atoms with E-state index in [9.17, 15) is 19.7 Å². The van der Waals surface area contributed by atoms with Gasteiger partial charge < -0.3 is 14.8 Å². The van der Waals surface area contributed by atoms with Crippen molar-refractivity contribution in [3.63, 3.8) is 0 Å². The van der Waals surface area contributed by atoms with Gasteiger partial charge in [-0.1, -0.05) is 25.1 Å². The Kier molecular flexibility index (Phi) is 6.67. The van der Waals surface area contributed by atoms with Gasteiger partial charge in [0.15, 0.2) is 13.2 Å². The number of carbonyl (C=O) groups is 2. The number of nitro benzene ring substituents is 1. The molecule has 8 nitrogen and oxygen atoms in total. The molecule has 2 rings (SSSR count). The molecule has 2 aromatic rings. The zero-order valence-electron chi connectivity index (χ0n) is 14.1. The van der Waals surface area contributed by atoms with Crippen LogP contribution in [0.4, 0.5) is 11.4 Å². The molecule has 0 unspecified atom stereocenters. The number of aryl methyl sites for hydroxylation is 1. The first-order valence-electron chi connectivity index (χ1n) is 7.90.